The first-order valence-electron chi connectivity index (χ1n) is 2.80. The SMILES string of the molecule is C=CC(O)C(O)CS(=O)(=O)O. The summed E-state index contributed by atoms with van der Waals surface area (Å²) in [5.74, 6) is -0.889. The van der Waals surface area contributed by atoms with Gasteiger partial charge in [0.15, 0.2) is 0 Å². The topological polar surface area (TPSA) is 94.8 Å². The largest absolute Gasteiger partial charge is 0.389 e. The molecule has 0 aliphatic heterocycles. The molecule has 5 nitrogen and oxygen atoms in total. The third kappa shape index (κ3) is 4.91. The van der Waals surface area contributed by atoms with E-state index in [0.717, 1.165) is 6.08 Å². The molecule has 0 aromatic rings. The maximum absolute atomic E-state index is 10.1. The standard InChI is InChI=1S/C5H10O5S/c1-2-4(6)5(7)3-11(8,9)10/h2,4-7H,1,3H2,(H,8,9,10). The Bertz CT molecular complexity index is 219. The molecule has 0 radical (unpaired) electrons. The van der Waals surface area contributed by atoms with E-state index in [9.17, 15) is 8.42 Å². The van der Waals surface area contributed by atoms with Crippen LogP contribution in [0.1, 0.15) is 0 Å². The summed E-state index contributed by atoms with van der Waals surface area (Å²) in [6.45, 7) is 3.13. The minimum absolute atomic E-state index is 0.889. The van der Waals surface area contributed by atoms with Gasteiger partial charge < -0.3 is 10.2 Å². The highest BCUT2D eigenvalue weighted by Gasteiger charge is 2.19. The van der Waals surface area contributed by atoms with Gasteiger partial charge in [0.05, 0.1) is 12.2 Å². The molecule has 2 unspecified atom stereocenters. The van der Waals surface area contributed by atoms with Gasteiger partial charge in [0.2, 0.25) is 0 Å². The van der Waals surface area contributed by atoms with Crippen molar-refractivity contribution < 1.29 is 23.2 Å². The summed E-state index contributed by atoms with van der Waals surface area (Å²) in [6, 6.07) is 0. The monoisotopic (exact) mass is 182 g/mol. The molecule has 0 amide bonds. The molecule has 0 aromatic heterocycles. The van der Waals surface area contributed by atoms with Crippen molar-refractivity contribution in [3.05, 3.63) is 12.7 Å². The minimum Gasteiger partial charge on any atom is -0.389 e. The average Bonchev–Trinajstić information content (AvgIpc) is 1.82. The predicted octanol–water partition coefficient (Wildman–Crippen LogP) is -1.22. The molecule has 2 atom stereocenters. The number of hydrogen-bond donors (Lipinski definition) is 3. The fourth-order valence-corrected chi connectivity index (χ4v) is 1.10. The zero-order chi connectivity index (χ0) is 9.07. The molecule has 0 saturated heterocycles. The number of aliphatic hydroxyl groups is 2. The van der Waals surface area contributed by atoms with E-state index >= 15 is 0 Å². The van der Waals surface area contributed by atoms with Crippen molar-refractivity contribution in [2.75, 3.05) is 5.75 Å². The second-order valence-corrected chi connectivity index (χ2v) is 3.54. The molecule has 3 N–H and O–H groups in total. The molecule has 0 spiro atoms. The van der Waals surface area contributed by atoms with Gasteiger partial charge in [-0.25, -0.2) is 0 Å². The highest BCUT2D eigenvalue weighted by atomic mass is 32.2. The first kappa shape index (κ1) is 10.6. The van der Waals surface area contributed by atoms with Crippen LogP contribution in [0.3, 0.4) is 0 Å². The Hall–Kier alpha value is -0.430. The van der Waals surface area contributed by atoms with Gasteiger partial charge >= 0.3 is 0 Å². The molecular formula is C5H10O5S. The lowest BCUT2D eigenvalue weighted by atomic mass is 10.2. The van der Waals surface area contributed by atoms with E-state index < -0.39 is 28.1 Å². The molecule has 6 heteroatoms. The van der Waals surface area contributed by atoms with E-state index in [1.165, 1.54) is 0 Å². The zero-order valence-corrected chi connectivity index (χ0v) is 6.53. The van der Waals surface area contributed by atoms with Crippen molar-refractivity contribution in [2.24, 2.45) is 0 Å². The van der Waals surface area contributed by atoms with E-state index in [4.69, 9.17) is 14.8 Å². The van der Waals surface area contributed by atoms with Crippen molar-refractivity contribution in [3.63, 3.8) is 0 Å². The maximum atomic E-state index is 10.1. The van der Waals surface area contributed by atoms with E-state index in [1.807, 2.05) is 0 Å². The number of aliphatic hydroxyl groups excluding tert-OH is 2. The lowest BCUT2D eigenvalue weighted by molar-refractivity contribution is 0.0631. The van der Waals surface area contributed by atoms with Gasteiger partial charge in [-0.1, -0.05) is 6.08 Å². The predicted molar refractivity (Wildman–Crippen MR) is 38.6 cm³/mol. The first-order valence-corrected chi connectivity index (χ1v) is 4.41. The van der Waals surface area contributed by atoms with Crippen LogP contribution in [0.4, 0.5) is 0 Å². The summed E-state index contributed by atoms with van der Waals surface area (Å²) in [5, 5.41) is 17.5. The van der Waals surface area contributed by atoms with Crippen molar-refractivity contribution in [1.82, 2.24) is 0 Å². The third-order valence-corrected chi connectivity index (χ3v) is 1.78. The van der Waals surface area contributed by atoms with Crippen LogP contribution >= 0.6 is 0 Å². The summed E-state index contributed by atoms with van der Waals surface area (Å²) < 4.78 is 28.4. The van der Waals surface area contributed by atoms with E-state index in [1.54, 1.807) is 0 Å². The number of rotatable bonds is 4. The summed E-state index contributed by atoms with van der Waals surface area (Å²) in [5.41, 5.74) is 0. The third-order valence-electron chi connectivity index (χ3n) is 1.02. The average molecular weight is 182 g/mol. The molecule has 0 aromatic carbocycles. The van der Waals surface area contributed by atoms with Crippen LogP contribution in [0, 0.1) is 0 Å². The smallest absolute Gasteiger partial charge is 0.267 e. The summed E-state index contributed by atoms with van der Waals surface area (Å²) >= 11 is 0. The van der Waals surface area contributed by atoms with Crippen molar-refractivity contribution in [2.45, 2.75) is 12.2 Å². The first-order chi connectivity index (χ1) is 4.87. The van der Waals surface area contributed by atoms with Gasteiger partial charge in [0.25, 0.3) is 10.1 Å². The molecule has 0 aliphatic rings. The Kier molecular flexibility index (Phi) is 3.67. The molecule has 0 rings (SSSR count). The van der Waals surface area contributed by atoms with Gasteiger partial charge in [-0.3, -0.25) is 4.55 Å². The minimum atomic E-state index is -4.24. The second kappa shape index (κ2) is 3.82. The fourth-order valence-electron chi connectivity index (χ4n) is 0.471. The quantitative estimate of drug-likeness (QED) is 0.374. The molecule has 0 heterocycles. The van der Waals surface area contributed by atoms with Crippen LogP contribution in [0.15, 0.2) is 12.7 Å². The molecular weight excluding hydrogens is 172 g/mol. The molecule has 0 fully saturated rings. The van der Waals surface area contributed by atoms with Crippen molar-refractivity contribution in [1.29, 1.82) is 0 Å². The zero-order valence-electron chi connectivity index (χ0n) is 5.71. The van der Waals surface area contributed by atoms with Crippen LogP contribution in [0.25, 0.3) is 0 Å². The Labute approximate surface area is 64.7 Å². The number of hydrogen-bond acceptors (Lipinski definition) is 4. The lowest BCUT2D eigenvalue weighted by Crippen LogP contribution is -2.31. The molecule has 0 saturated carbocycles. The molecule has 0 aliphatic carbocycles. The Morgan fingerprint density at radius 3 is 2.18 bits per heavy atom. The van der Waals surface area contributed by atoms with Gasteiger partial charge in [0, 0.05) is 0 Å². The molecule has 0 bridgehead atoms. The lowest BCUT2D eigenvalue weighted by Gasteiger charge is -2.11. The highest BCUT2D eigenvalue weighted by Crippen LogP contribution is 1.97. The van der Waals surface area contributed by atoms with E-state index in [2.05, 4.69) is 6.58 Å². The van der Waals surface area contributed by atoms with E-state index in [0.29, 0.717) is 0 Å². The Balaban J connectivity index is 4.08. The van der Waals surface area contributed by atoms with Crippen LogP contribution in [-0.2, 0) is 10.1 Å². The Morgan fingerprint density at radius 2 is 1.91 bits per heavy atom. The Morgan fingerprint density at radius 1 is 1.45 bits per heavy atom. The molecule has 11 heavy (non-hydrogen) atoms. The van der Waals surface area contributed by atoms with Gasteiger partial charge in [-0.05, 0) is 0 Å². The summed E-state index contributed by atoms with van der Waals surface area (Å²) in [4.78, 5) is 0. The van der Waals surface area contributed by atoms with Gasteiger partial charge in [-0.15, -0.1) is 6.58 Å². The van der Waals surface area contributed by atoms with Gasteiger partial charge in [-0.2, -0.15) is 8.42 Å². The highest BCUT2D eigenvalue weighted by molar-refractivity contribution is 7.85. The fraction of sp³-hybridized carbons (Fsp3) is 0.600. The summed E-state index contributed by atoms with van der Waals surface area (Å²) in [7, 11) is -4.24. The van der Waals surface area contributed by atoms with Crippen LogP contribution in [0.5, 0.6) is 0 Å². The van der Waals surface area contributed by atoms with Crippen molar-refractivity contribution in [3.8, 4) is 0 Å². The van der Waals surface area contributed by atoms with E-state index in [-0.39, 0.29) is 0 Å². The van der Waals surface area contributed by atoms with Gasteiger partial charge in [0.1, 0.15) is 5.75 Å². The van der Waals surface area contributed by atoms with Crippen LogP contribution in [0.2, 0.25) is 0 Å². The molecule has 66 valence electrons. The maximum Gasteiger partial charge on any atom is 0.267 e. The van der Waals surface area contributed by atoms with Crippen LogP contribution < -0.4 is 0 Å². The second-order valence-electron chi connectivity index (χ2n) is 2.04. The van der Waals surface area contributed by atoms with Crippen LogP contribution in [-0.4, -0.2) is 41.1 Å². The summed E-state index contributed by atoms with van der Waals surface area (Å²) in [6.07, 6.45) is -1.88. The van der Waals surface area contributed by atoms with Crippen molar-refractivity contribution >= 4 is 10.1 Å². The normalized spacial score (nSPS) is 17.4.